The predicted molar refractivity (Wildman–Crippen MR) is 64.0 cm³/mol. The van der Waals surface area contributed by atoms with Gasteiger partial charge in [-0.1, -0.05) is 27.7 Å². The van der Waals surface area contributed by atoms with E-state index in [1.807, 2.05) is 0 Å². The molecule has 3 N–H and O–H groups in total. The first kappa shape index (κ1) is 13.5. The van der Waals surface area contributed by atoms with Crippen LogP contribution in [0.1, 0.15) is 34.1 Å². The van der Waals surface area contributed by atoms with Crippen molar-refractivity contribution in [2.75, 3.05) is 13.7 Å². The molecule has 0 heterocycles. The molecule has 0 bridgehead atoms. The van der Waals surface area contributed by atoms with Gasteiger partial charge in [0.2, 0.25) is 5.91 Å². The van der Waals surface area contributed by atoms with Gasteiger partial charge in [0, 0.05) is 19.7 Å². The minimum absolute atomic E-state index is 0.0287. The van der Waals surface area contributed by atoms with Gasteiger partial charge < -0.3 is 15.8 Å². The molecule has 0 aromatic heterocycles. The molecule has 4 nitrogen and oxygen atoms in total. The molecule has 0 aromatic carbocycles. The fourth-order valence-electron chi connectivity index (χ4n) is 2.25. The van der Waals surface area contributed by atoms with E-state index in [0.717, 1.165) is 0 Å². The summed E-state index contributed by atoms with van der Waals surface area (Å²) in [5.41, 5.74) is 5.83. The molecule has 1 aliphatic carbocycles. The van der Waals surface area contributed by atoms with E-state index in [4.69, 9.17) is 10.5 Å². The Labute approximate surface area is 97.9 Å². The van der Waals surface area contributed by atoms with Gasteiger partial charge in [0.05, 0.1) is 12.5 Å². The Morgan fingerprint density at radius 2 is 1.88 bits per heavy atom. The lowest BCUT2D eigenvalue weighted by molar-refractivity contribution is -0.123. The van der Waals surface area contributed by atoms with Crippen molar-refractivity contribution >= 4 is 5.91 Å². The van der Waals surface area contributed by atoms with Crippen molar-refractivity contribution in [3.8, 4) is 0 Å². The molecule has 1 unspecified atom stereocenters. The number of hydrogen-bond acceptors (Lipinski definition) is 3. The van der Waals surface area contributed by atoms with Gasteiger partial charge in [-0.05, 0) is 10.8 Å². The minimum Gasteiger partial charge on any atom is -0.380 e. The van der Waals surface area contributed by atoms with Crippen molar-refractivity contribution in [3.05, 3.63) is 0 Å². The van der Waals surface area contributed by atoms with E-state index < -0.39 is 0 Å². The van der Waals surface area contributed by atoms with E-state index in [1.165, 1.54) is 0 Å². The van der Waals surface area contributed by atoms with Crippen LogP contribution in [0.2, 0.25) is 0 Å². The van der Waals surface area contributed by atoms with Crippen LogP contribution in [0.15, 0.2) is 0 Å². The van der Waals surface area contributed by atoms with Crippen molar-refractivity contribution in [1.29, 1.82) is 0 Å². The summed E-state index contributed by atoms with van der Waals surface area (Å²) in [7, 11) is 1.58. The zero-order valence-corrected chi connectivity index (χ0v) is 11.0. The van der Waals surface area contributed by atoms with Gasteiger partial charge in [-0.15, -0.1) is 0 Å². The summed E-state index contributed by atoms with van der Waals surface area (Å²) >= 11 is 0. The van der Waals surface area contributed by atoms with Crippen LogP contribution in [0.5, 0.6) is 0 Å². The molecule has 1 fully saturated rings. The van der Waals surface area contributed by atoms with Crippen LogP contribution >= 0.6 is 0 Å². The highest BCUT2D eigenvalue weighted by molar-refractivity contribution is 5.77. The molecule has 16 heavy (non-hydrogen) atoms. The molecule has 0 saturated heterocycles. The second-order valence-electron chi connectivity index (χ2n) is 5.74. The second-order valence-corrected chi connectivity index (χ2v) is 5.74. The zero-order chi connectivity index (χ0) is 12.6. The predicted octanol–water partition coefficient (Wildman–Crippen LogP) is 0.901. The van der Waals surface area contributed by atoms with Crippen LogP contribution in [0, 0.1) is 10.8 Å². The van der Waals surface area contributed by atoms with Gasteiger partial charge in [0.15, 0.2) is 0 Å². The van der Waals surface area contributed by atoms with Crippen LogP contribution in [-0.4, -0.2) is 31.7 Å². The standard InChI is InChI=1S/C12H24N2O2/c1-11(2)10(12(11,3)4)14-9(15)6-8(7-13)16-5/h8,10H,6-7,13H2,1-5H3,(H,14,15). The van der Waals surface area contributed by atoms with Crippen LogP contribution in [0.3, 0.4) is 0 Å². The zero-order valence-electron chi connectivity index (χ0n) is 11.0. The molecule has 0 aromatic rings. The summed E-state index contributed by atoms with van der Waals surface area (Å²) in [6.07, 6.45) is 0.167. The van der Waals surface area contributed by atoms with Crippen LogP contribution in [0.25, 0.3) is 0 Å². The van der Waals surface area contributed by atoms with E-state index in [-0.39, 0.29) is 28.9 Å². The molecule has 1 aliphatic rings. The normalized spacial score (nSPS) is 23.9. The maximum absolute atomic E-state index is 11.8. The average molecular weight is 228 g/mol. The number of nitrogens with two attached hydrogens (primary N) is 1. The smallest absolute Gasteiger partial charge is 0.222 e. The lowest BCUT2D eigenvalue weighted by Gasteiger charge is -2.13. The number of methoxy groups -OCH3 is 1. The third-order valence-corrected chi connectivity index (χ3v) is 4.34. The Kier molecular flexibility index (Phi) is 3.65. The highest BCUT2D eigenvalue weighted by Gasteiger charge is 2.65. The largest absolute Gasteiger partial charge is 0.380 e. The van der Waals surface area contributed by atoms with Crippen molar-refractivity contribution in [3.63, 3.8) is 0 Å². The van der Waals surface area contributed by atoms with Gasteiger partial charge in [0.25, 0.3) is 0 Å². The van der Waals surface area contributed by atoms with Crippen molar-refractivity contribution in [2.45, 2.75) is 46.3 Å². The number of amides is 1. The van der Waals surface area contributed by atoms with E-state index in [9.17, 15) is 4.79 Å². The van der Waals surface area contributed by atoms with Gasteiger partial charge in [-0.3, -0.25) is 4.79 Å². The maximum atomic E-state index is 11.8. The molecule has 0 aliphatic heterocycles. The first-order valence-corrected chi connectivity index (χ1v) is 5.79. The van der Waals surface area contributed by atoms with Crippen molar-refractivity contribution in [1.82, 2.24) is 5.32 Å². The third kappa shape index (κ3) is 2.23. The SMILES string of the molecule is COC(CN)CC(=O)NC1C(C)(C)C1(C)C. The van der Waals surface area contributed by atoms with Crippen LogP contribution in [-0.2, 0) is 9.53 Å². The second kappa shape index (κ2) is 4.34. The molecular weight excluding hydrogens is 204 g/mol. The van der Waals surface area contributed by atoms with E-state index in [1.54, 1.807) is 7.11 Å². The van der Waals surface area contributed by atoms with Crippen LogP contribution in [0.4, 0.5) is 0 Å². The van der Waals surface area contributed by atoms with E-state index in [2.05, 4.69) is 33.0 Å². The van der Waals surface area contributed by atoms with Crippen molar-refractivity contribution < 1.29 is 9.53 Å². The number of rotatable bonds is 5. The number of ether oxygens (including phenoxy) is 1. The first-order valence-electron chi connectivity index (χ1n) is 5.79. The minimum atomic E-state index is -0.176. The van der Waals surface area contributed by atoms with Gasteiger partial charge in [0.1, 0.15) is 0 Å². The monoisotopic (exact) mass is 228 g/mol. The molecular formula is C12H24N2O2. The van der Waals surface area contributed by atoms with Gasteiger partial charge >= 0.3 is 0 Å². The molecule has 1 atom stereocenters. The molecule has 1 amide bonds. The molecule has 0 spiro atoms. The third-order valence-electron chi connectivity index (χ3n) is 4.34. The van der Waals surface area contributed by atoms with Crippen molar-refractivity contribution in [2.24, 2.45) is 16.6 Å². The Balaban J connectivity index is 2.43. The van der Waals surface area contributed by atoms with Crippen LogP contribution < -0.4 is 11.1 Å². The summed E-state index contributed by atoms with van der Waals surface area (Å²) < 4.78 is 5.09. The van der Waals surface area contributed by atoms with E-state index in [0.29, 0.717) is 13.0 Å². The Morgan fingerprint density at radius 1 is 1.38 bits per heavy atom. The molecule has 94 valence electrons. The van der Waals surface area contributed by atoms with Gasteiger partial charge in [-0.25, -0.2) is 0 Å². The Bertz CT molecular complexity index is 256. The quantitative estimate of drug-likeness (QED) is 0.735. The Hall–Kier alpha value is -0.610. The summed E-state index contributed by atoms with van der Waals surface area (Å²) in [4.78, 5) is 11.8. The topological polar surface area (TPSA) is 64.3 Å². The number of carbonyl (C=O) groups is 1. The number of hydrogen-bond donors (Lipinski definition) is 2. The highest BCUT2D eigenvalue weighted by atomic mass is 16.5. The summed E-state index contributed by atoms with van der Waals surface area (Å²) in [6.45, 7) is 9.08. The Morgan fingerprint density at radius 3 is 2.19 bits per heavy atom. The summed E-state index contributed by atoms with van der Waals surface area (Å²) in [5.74, 6) is 0.0287. The number of carbonyl (C=O) groups excluding carboxylic acids is 1. The maximum Gasteiger partial charge on any atom is 0.222 e. The van der Waals surface area contributed by atoms with Gasteiger partial charge in [-0.2, -0.15) is 0 Å². The molecule has 4 heteroatoms. The fraction of sp³-hybridized carbons (Fsp3) is 0.917. The molecule has 1 saturated carbocycles. The first-order chi connectivity index (χ1) is 7.27. The number of nitrogens with one attached hydrogen (secondary N) is 1. The summed E-state index contributed by atoms with van der Waals surface area (Å²) in [5, 5.41) is 3.06. The molecule has 1 rings (SSSR count). The molecule has 0 radical (unpaired) electrons. The van der Waals surface area contributed by atoms with E-state index >= 15 is 0 Å². The average Bonchev–Trinajstić information content (AvgIpc) is 2.57. The fourth-order valence-corrected chi connectivity index (χ4v) is 2.25. The lowest BCUT2D eigenvalue weighted by atomic mass is 10.0. The lowest BCUT2D eigenvalue weighted by Crippen LogP contribution is -2.35. The highest BCUT2D eigenvalue weighted by Crippen LogP contribution is 2.62. The summed E-state index contributed by atoms with van der Waals surface area (Å²) in [6, 6.07) is 0.253.